The first-order valence-corrected chi connectivity index (χ1v) is 8.26. The minimum atomic E-state index is -2.91. The van der Waals surface area contributed by atoms with Gasteiger partial charge < -0.3 is 9.47 Å². The number of ether oxygens (including phenoxy) is 2. The van der Waals surface area contributed by atoms with E-state index >= 15 is 0 Å². The summed E-state index contributed by atoms with van der Waals surface area (Å²) >= 11 is 3.37. The van der Waals surface area contributed by atoms with Gasteiger partial charge in [-0.1, -0.05) is 6.92 Å². The summed E-state index contributed by atoms with van der Waals surface area (Å²) in [6.07, 6.45) is 0.495. The van der Waals surface area contributed by atoms with Crippen LogP contribution in [0.3, 0.4) is 0 Å². The van der Waals surface area contributed by atoms with E-state index in [9.17, 15) is 8.42 Å². The van der Waals surface area contributed by atoms with E-state index in [1.807, 2.05) is 0 Å². The molecule has 0 aliphatic heterocycles. The van der Waals surface area contributed by atoms with Crippen molar-refractivity contribution < 1.29 is 17.9 Å². The van der Waals surface area contributed by atoms with Gasteiger partial charge in [-0.15, -0.1) is 0 Å². The van der Waals surface area contributed by atoms with Crippen LogP contribution in [0.5, 0.6) is 11.5 Å². The topological polar surface area (TPSA) is 52.6 Å². The van der Waals surface area contributed by atoms with Crippen LogP contribution in [-0.4, -0.2) is 33.6 Å². The molecule has 0 aromatic heterocycles. The molecule has 102 valence electrons. The van der Waals surface area contributed by atoms with Crippen molar-refractivity contribution >= 4 is 25.8 Å². The zero-order valence-electron chi connectivity index (χ0n) is 10.5. The van der Waals surface area contributed by atoms with Crippen LogP contribution < -0.4 is 9.47 Å². The molecule has 6 heteroatoms. The van der Waals surface area contributed by atoms with Crippen molar-refractivity contribution in [2.45, 2.75) is 13.3 Å². The molecule has 0 atom stereocenters. The average molecular weight is 337 g/mol. The van der Waals surface area contributed by atoms with Gasteiger partial charge in [0.15, 0.2) is 0 Å². The normalized spacial score (nSPS) is 11.3. The molecule has 0 fully saturated rings. The number of halogens is 1. The number of benzene rings is 1. The highest BCUT2D eigenvalue weighted by Gasteiger charge is 2.07. The smallest absolute Gasteiger partial charge is 0.150 e. The second kappa shape index (κ2) is 6.99. The predicted octanol–water partition coefficient (Wildman–Crippen LogP) is 2.66. The van der Waals surface area contributed by atoms with E-state index in [2.05, 4.69) is 15.9 Å². The van der Waals surface area contributed by atoms with E-state index in [0.717, 1.165) is 10.2 Å². The van der Waals surface area contributed by atoms with Crippen molar-refractivity contribution in [2.24, 2.45) is 0 Å². The fraction of sp³-hybridized carbons (Fsp3) is 0.500. The van der Waals surface area contributed by atoms with Crippen LogP contribution in [-0.2, 0) is 9.84 Å². The van der Waals surface area contributed by atoms with Crippen LogP contribution in [0, 0.1) is 0 Å². The Labute approximate surface area is 116 Å². The quantitative estimate of drug-likeness (QED) is 0.718. The zero-order chi connectivity index (χ0) is 13.6. The first-order chi connectivity index (χ1) is 8.48. The van der Waals surface area contributed by atoms with Gasteiger partial charge in [0.05, 0.1) is 23.9 Å². The largest absolute Gasteiger partial charge is 0.497 e. The van der Waals surface area contributed by atoms with E-state index < -0.39 is 9.84 Å². The van der Waals surface area contributed by atoms with Crippen molar-refractivity contribution in [2.75, 3.05) is 25.2 Å². The van der Waals surface area contributed by atoms with E-state index in [1.54, 1.807) is 32.2 Å². The predicted molar refractivity (Wildman–Crippen MR) is 75.1 cm³/mol. The molecule has 1 aromatic rings. The molecule has 0 aliphatic rings. The first-order valence-electron chi connectivity index (χ1n) is 5.65. The van der Waals surface area contributed by atoms with Crippen LogP contribution in [0.1, 0.15) is 13.3 Å². The van der Waals surface area contributed by atoms with Gasteiger partial charge in [0.25, 0.3) is 0 Å². The average Bonchev–Trinajstić information content (AvgIpc) is 2.36. The fourth-order valence-electron chi connectivity index (χ4n) is 1.33. The minimum absolute atomic E-state index is 0.164. The maximum Gasteiger partial charge on any atom is 0.150 e. The molecule has 0 saturated carbocycles. The van der Waals surface area contributed by atoms with Gasteiger partial charge in [-0.05, 0) is 40.5 Å². The standard InChI is InChI=1S/C12H17BrO4S/c1-3-18(14,15)8-4-7-17-12-6-5-10(16-2)9-11(12)13/h5-6,9H,3-4,7-8H2,1-2H3. The highest BCUT2D eigenvalue weighted by molar-refractivity contribution is 9.10. The van der Waals surface area contributed by atoms with Gasteiger partial charge in [0, 0.05) is 5.75 Å². The Morgan fingerprint density at radius 3 is 2.61 bits per heavy atom. The molecule has 0 unspecified atom stereocenters. The maximum absolute atomic E-state index is 11.3. The highest BCUT2D eigenvalue weighted by atomic mass is 79.9. The molecule has 1 rings (SSSR count). The van der Waals surface area contributed by atoms with Crippen molar-refractivity contribution in [3.8, 4) is 11.5 Å². The Kier molecular flexibility index (Phi) is 5.95. The van der Waals surface area contributed by atoms with E-state index in [4.69, 9.17) is 9.47 Å². The third-order valence-electron chi connectivity index (χ3n) is 2.44. The molecule has 1 aromatic carbocycles. The number of methoxy groups -OCH3 is 1. The third-order valence-corrected chi connectivity index (χ3v) is 4.85. The Balaban J connectivity index is 2.45. The number of hydrogen-bond acceptors (Lipinski definition) is 4. The summed E-state index contributed by atoms with van der Waals surface area (Å²) in [5, 5.41) is 0. The number of rotatable bonds is 7. The van der Waals surface area contributed by atoms with E-state index in [-0.39, 0.29) is 11.5 Å². The molecular formula is C12H17BrO4S. The summed E-state index contributed by atoms with van der Waals surface area (Å²) in [7, 11) is -1.31. The van der Waals surface area contributed by atoms with Gasteiger partial charge in [0.2, 0.25) is 0 Å². The molecule has 0 radical (unpaired) electrons. The first kappa shape index (κ1) is 15.3. The Bertz CT molecular complexity index is 485. The lowest BCUT2D eigenvalue weighted by Crippen LogP contribution is -2.11. The van der Waals surface area contributed by atoms with Crippen molar-refractivity contribution in [3.05, 3.63) is 22.7 Å². The SMILES string of the molecule is CCS(=O)(=O)CCCOc1ccc(OC)cc1Br. The Morgan fingerprint density at radius 2 is 2.06 bits per heavy atom. The van der Waals surface area contributed by atoms with Crippen LogP contribution in [0.2, 0.25) is 0 Å². The molecule has 0 saturated heterocycles. The van der Waals surface area contributed by atoms with Gasteiger partial charge in [-0.2, -0.15) is 0 Å². The Hall–Kier alpha value is -0.750. The van der Waals surface area contributed by atoms with Crippen LogP contribution in [0.25, 0.3) is 0 Å². The van der Waals surface area contributed by atoms with Crippen molar-refractivity contribution in [1.82, 2.24) is 0 Å². The molecule has 0 aliphatic carbocycles. The molecule has 18 heavy (non-hydrogen) atoms. The fourth-order valence-corrected chi connectivity index (χ4v) is 2.65. The van der Waals surface area contributed by atoms with Crippen LogP contribution >= 0.6 is 15.9 Å². The second-order valence-corrected chi connectivity index (χ2v) is 7.06. The lowest BCUT2D eigenvalue weighted by molar-refractivity contribution is 0.315. The minimum Gasteiger partial charge on any atom is -0.497 e. The lowest BCUT2D eigenvalue weighted by Gasteiger charge is -2.09. The van der Waals surface area contributed by atoms with Crippen molar-refractivity contribution in [1.29, 1.82) is 0 Å². The summed E-state index contributed by atoms with van der Waals surface area (Å²) in [6.45, 7) is 2.03. The van der Waals surface area contributed by atoms with Gasteiger partial charge in [-0.25, -0.2) is 8.42 Å². The van der Waals surface area contributed by atoms with Gasteiger partial charge in [0.1, 0.15) is 21.3 Å². The summed E-state index contributed by atoms with van der Waals surface area (Å²) in [4.78, 5) is 0. The van der Waals surface area contributed by atoms with E-state index in [0.29, 0.717) is 18.8 Å². The highest BCUT2D eigenvalue weighted by Crippen LogP contribution is 2.29. The van der Waals surface area contributed by atoms with Gasteiger partial charge >= 0.3 is 0 Å². The monoisotopic (exact) mass is 336 g/mol. The summed E-state index contributed by atoms with van der Waals surface area (Å²) in [6, 6.07) is 5.39. The second-order valence-electron chi connectivity index (χ2n) is 3.73. The zero-order valence-corrected chi connectivity index (χ0v) is 12.9. The number of hydrogen-bond donors (Lipinski definition) is 0. The molecule has 4 nitrogen and oxygen atoms in total. The lowest BCUT2D eigenvalue weighted by atomic mass is 10.3. The van der Waals surface area contributed by atoms with Gasteiger partial charge in [-0.3, -0.25) is 0 Å². The maximum atomic E-state index is 11.3. The van der Waals surface area contributed by atoms with E-state index in [1.165, 1.54) is 0 Å². The third kappa shape index (κ3) is 4.86. The molecule has 0 heterocycles. The summed E-state index contributed by atoms with van der Waals surface area (Å²) in [5.41, 5.74) is 0. The summed E-state index contributed by atoms with van der Waals surface area (Å²) in [5.74, 6) is 1.77. The summed E-state index contributed by atoms with van der Waals surface area (Å²) < 4.78 is 33.9. The number of sulfone groups is 1. The molecule has 0 amide bonds. The molecule has 0 N–H and O–H groups in total. The van der Waals surface area contributed by atoms with Crippen LogP contribution in [0.15, 0.2) is 22.7 Å². The molecule has 0 spiro atoms. The molecular weight excluding hydrogens is 320 g/mol. The Morgan fingerprint density at radius 1 is 1.33 bits per heavy atom. The molecule has 0 bridgehead atoms. The van der Waals surface area contributed by atoms with Crippen LogP contribution in [0.4, 0.5) is 0 Å². The van der Waals surface area contributed by atoms with Crippen molar-refractivity contribution in [3.63, 3.8) is 0 Å².